The molecule has 0 atom stereocenters. The maximum atomic E-state index is 13.2. The van der Waals surface area contributed by atoms with Crippen molar-refractivity contribution in [3.8, 4) is 44.5 Å². The molecule has 0 fully saturated rings. The summed E-state index contributed by atoms with van der Waals surface area (Å²) in [5.74, 6) is -0.214. The largest absolute Gasteiger partial charge is 0.207 e. The fourth-order valence-corrected chi connectivity index (χ4v) is 4.58. The van der Waals surface area contributed by atoms with Crippen molar-refractivity contribution in [1.82, 2.24) is 0 Å². The molecule has 0 N–H and O–H groups in total. The van der Waals surface area contributed by atoms with E-state index in [0.717, 1.165) is 16.7 Å². The Bertz CT molecular complexity index is 1590. The van der Waals surface area contributed by atoms with Gasteiger partial charge in [-0.15, -0.1) is 0 Å². The number of hydrogen-bond acceptors (Lipinski definition) is 0. The van der Waals surface area contributed by atoms with Crippen LogP contribution in [0.15, 0.2) is 140 Å². The molecule has 6 rings (SSSR count). The molecule has 0 spiro atoms. The quantitative estimate of drug-likeness (QED) is 0.251. The van der Waals surface area contributed by atoms with E-state index in [4.69, 9.17) is 0 Å². The van der Waals surface area contributed by atoms with Crippen molar-refractivity contribution < 1.29 is 4.39 Å². The number of hydrogen-bond donors (Lipinski definition) is 0. The summed E-state index contributed by atoms with van der Waals surface area (Å²) in [6.07, 6.45) is 0. The van der Waals surface area contributed by atoms with Gasteiger partial charge in [0.05, 0.1) is 0 Å². The van der Waals surface area contributed by atoms with Crippen LogP contribution in [0.5, 0.6) is 0 Å². The van der Waals surface area contributed by atoms with E-state index in [0.29, 0.717) is 0 Å². The highest BCUT2D eigenvalue weighted by Crippen LogP contribution is 2.30. The van der Waals surface area contributed by atoms with Crippen molar-refractivity contribution in [3.63, 3.8) is 0 Å². The van der Waals surface area contributed by atoms with Gasteiger partial charge in [0.1, 0.15) is 5.82 Å². The highest BCUT2D eigenvalue weighted by Gasteiger charge is 2.04. The Morgan fingerprint density at radius 3 is 1.03 bits per heavy atom. The van der Waals surface area contributed by atoms with E-state index >= 15 is 0 Å². The molecule has 0 amide bonds. The molecule has 0 nitrogen and oxygen atoms in total. The molecule has 166 valence electrons. The Balaban J connectivity index is 1.21. The second-order valence-corrected chi connectivity index (χ2v) is 8.80. The summed E-state index contributed by atoms with van der Waals surface area (Å²) >= 11 is 0. The molecule has 0 saturated heterocycles. The summed E-state index contributed by atoms with van der Waals surface area (Å²) in [7, 11) is 0. The van der Waals surface area contributed by atoms with E-state index in [9.17, 15) is 4.39 Å². The minimum atomic E-state index is -0.214. The molecular weight excluding hydrogens is 427 g/mol. The molecule has 0 unspecified atom stereocenters. The lowest BCUT2D eigenvalue weighted by Crippen LogP contribution is -1.83. The van der Waals surface area contributed by atoms with Crippen LogP contribution in [0.2, 0.25) is 0 Å². The normalized spacial score (nSPS) is 11.0. The van der Waals surface area contributed by atoms with Gasteiger partial charge in [-0.2, -0.15) is 0 Å². The first-order valence-electron chi connectivity index (χ1n) is 11.8. The molecule has 0 aliphatic heterocycles. The van der Waals surface area contributed by atoms with Gasteiger partial charge in [0, 0.05) is 0 Å². The first-order chi connectivity index (χ1) is 17.2. The van der Waals surface area contributed by atoms with Crippen LogP contribution >= 0.6 is 0 Å². The molecule has 6 aromatic rings. The van der Waals surface area contributed by atoms with Crippen LogP contribution in [0.25, 0.3) is 55.3 Å². The third-order valence-corrected chi connectivity index (χ3v) is 6.58. The van der Waals surface area contributed by atoms with Crippen LogP contribution in [0.1, 0.15) is 0 Å². The van der Waals surface area contributed by atoms with Crippen LogP contribution in [-0.4, -0.2) is 0 Å². The van der Waals surface area contributed by atoms with Crippen LogP contribution in [0.4, 0.5) is 4.39 Å². The van der Waals surface area contributed by atoms with Gasteiger partial charge in [0.15, 0.2) is 0 Å². The van der Waals surface area contributed by atoms with Crippen molar-refractivity contribution in [1.29, 1.82) is 0 Å². The second-order valence-electron chi connectivity index (χ2n) is 8.80. The first-order valence-corrected chi connectivity index (χ1v) is 11.8. The number of halogens is 1. The molecule has 0 aliphatic rings. The third kappa shape index (κ3) is 4.37. The fourth-order valence-electron chi connectivity index (χ4n) is 4.58. The van der Waals surface area contributed by atoms with Gasteiger partial charge in [-0.05, 0) is 73.5 Å². The van der Waals surface area contributed by atoms with Gasteiger partial charge in [0.2, 0.25) is 0 Å². The molecule has 0 bridgehead atoms. The Labute approximate surface area is 205 Å². The Morgan fingerprint density at radius 2 is 0.600 bits per heavy atom. The summed E-state index contributed by atoms with van der Waals surface area (Å²) in [5.41, 5.74) is 9.28. The molecular formula is C34H23F. The summed E-state index contributed by atoms with van der Waals surface area (Å²) in [4.78, 5) is 0. The monoisotopic (exact) mass is 450 g/mol. The summed E-state index contributed by atoms with van der Waals surface area (Å²) in [6, 6.07) is 47.6. The average molecular weight is 451 g/mol. The van der Waals surface area contributed by atoms with E-state index in [1.54, 1.807) is 0 Å². The second kappa shape index (κ2) is 9.04. The summed E-state index contributed by atoms with van der Waals surface area (Å²) in [6.45, 7) is 0. The molecule has 6 aromatic carbocycles. The lowest BCUT2D eigenvalue weighted by molar-refractivity contribution is 0.628. The Kier molecular flexibility index (Phi) is 5.44. The van der Waals surface area contributed by atoms with Crippen molar-refractivity contribution in [2.24, 2.45) is 0 Å². The van der Waals surface area contributed by atoms with Crippen molar-refractivity contribution in [3.05, 3.63) is 145 Å². The molecule has 0 aliphatic carbocycles. The molecule has 1 heteroatoms. The summed E-state index contributed by atoms with van der Waals surface area (Å²) in [5, 5.41) is 2.52. The van der Waals surface area contributed by atoms with E-state index < -0.39 is 0 Å². The van der Waals surface area contributed by atoms with Gasteiger partial charge < -0.3 is 0 Å². The lowest BCUT2D eigenvalue weighted by atomic mass is 9.96. The molecule has 0 aromatic heterocycles. The molecule has 0 heterocycles. The zero-order valence-corrected chi connectivity index (χ0v) is 19.2. The predicted molar refractivity (Wildman–Crippen MR) is 146 cm³/mol. The van der Waals surface area contributed by atoms with Crippen LogP contribution < -0.4 is 0 Å². The first kappa shape index (κ1) is 21.1. The lowest BCUT2D eigenvalue weighted by Gasteiger charge is -2.08. The van der Waals surface area contributed by atoms with Crippen LogP contribution in [0, 0.1) is 5.82 Å². The van der Waals surface area contributed by atoms with E-state index in [1.807, 2.05) is 12.1 Å². The number of fused-ring (bicyclic) bond motifs is 1. The Hall–Kier alpha value is -4.49. The zero-order chi connectivity index (χ0) is 23.6. The smallest absolute Gasteiger partial charge is 0.123 e. The third-order valence-electron chi connectivity index (χ3n) is 6.58. The fraction of sp³-hybridized carbons (Fsp3) is 0. The van der Waals surface area contributed by atoms with E-state index in [2.05, 4.69) is 115 Å². The van der Waals surface area contributed by atoms with Crippen molar-refractivity contribution in [2.45, 2.75) is 0 Å². The van der Waals surface area contributed by atoms with Gasteiger partial charge in [-0.25, -0.2) is 4.39 Å². The SMILES string of the molecule is Fc1ccc(-c2ccc(-c3ccc(-c4ccc(-c5ccc6ccccc6c5)cc4)cc3)cc2)cc1. The highest BCUT2D eigenvalue weighted by atomic mass is 19.1. The van der Waals surface area contributed by atoms with Crippen molar-refractivity contribution in [2.75, 3.05) is 0 Å². The maximum absolute atomic E-state index is 13.2. The molecule has 0 radical (unpaired) electrons. The van der Waals surface area contributed by atoms with Gasteiger partial charge in [0.25, 0.3) is 0 Å². The van der Waals surface area contributed by atoms with Crippen LogP contribution in [0.3, 0.4) is 0 Å². The summed E-state index contributed by atoms with van der Waals surface area (Å²) < 4.78 is 13.2. The van der Waals surface area contributed by atoms with Gasteiger partial charge in [-0.3, -0.25) is 0 Å². The number of rotatable bonds is 4. The minimum Gasteiger partial charge on any atom is -0.207 e. The Morgan fingerprint density at radius 1 is 0.286 bits per heavy atom. The molecule has 35 heavy (non-hydrogen) atoms. The van der Waals surface area contributed by atoms with Crippen molar-refractivity contribution >= 4 is 10.8 Å². The zero-order valence-electron chi connectivity index (χ0n) is 19.2. The minimum absolute atomic E-state index is 0.214. The highest BCUT2D eigenvalue weighted by molar-refractivity contribution is 5.87. The van der Waals surface area contributed by atoms with E-state index in [-0.39, 0.29) is 5.82 Å². The average Bonchev–Trinajstić information content (AvgIpc) is 2.93. The van der Waals surface area contributed by atoms with E-state index in [1.165, 1.54) is 50.7 Å². The number of benzene rings is 6. The molecule has 0 saturated carbocycles. The standard InChI is InChI=1S/C34H23F/c35-34-21-19-30(20-22-34)29-11-9-26(10-12-29)25-5-7-27(8-6-25)28-13-15-31(16-14-28)33-18-17-24-3-1-2-4-32(24)23-33/h1-23H. The maximum Gasteiger partial charge on any atom is 0.123 e. The van der Waals surface area contributed by atoms with Gasteiger partial charge >= 0.3 is 0 Å². The topological polar surface area (TPSA) is 0 Å². The van der Waals surface area contributed by atoms with Crippen LogP contribution in [-0.2, 0) is 0 Å². The predicted octanol–water partition coefficient (Wildman–Crippen LogP) is 9.65. The van der Waals surface area contributed by atoms with Gasteiger partial charge in [-0.1, -0.05) is 121 Å².